The lowest BCUT2D eigenvalue weighted by molar-refractivity contribution is -0.138. The summed E-state index contributed by atoms with van der Waals surface area (Å²) in [6.07, 6.45) is 5.02. The molecule has 3 rings (SSSR count). The number of likely N-dealkylation sites (tertiary alicyclic amines) is 2. The number of piperidine rings is 2. The molecule has 0 radical (unpaired) electrons. The predicted molar refractivity (Wildman–Crippen MR) is 117 cm³/mol. The maximum absolute atomic E-state index is 12.8. The Morgan fingerprint density at radius 2 is 1.66 bits per heavy atom. The van der Waals surface area contributed by atoms with Crippen molar-refractivity contribution in [3.63, 3.8) is 0 Å². The van der Waals surface area contributed by atoms with Crippen LogP contribution in [0.15, 0.2) is 24.3 Å². The van der Waals surface area contributed by atoms with Crippen LogP contribution < -0.4 is 5.32 Å². The van der Waals surface area contributed by atoms with Crippen LogP contribution in [-0.4, -0.2) is 54.3 Å². The Bertz CT molecular complexity index is 672. The maximum atomic E-state index is 12.8. The Morgan fingerprint density at radius 3 is 2.24 bits per heavy atom. The number of hydrogen-bond donors (Lipinski definition) is 1. The number of benzene rings is 1. The van der Waals surface area contributed by atoms with E-state index in [9.17, 15) is 9.59 Å². The monoisotopic (exact) mass is 399 g/mol. The zero-order valence-corrected chi connectivity index (χ0v) is 18.3. The average Bonchev–Trinajstić information content (AvgIpc) is 2.74. The number of aryl methyl sites for hydroxylation is 1. The molecule has 0 bridgehead atoms. The fraction of sp³-hybridized carbons (Fsp3) is 0.667. The van der Waals surface area contributed by atoms with E-state index >= 15 is 0 Å². The van der Waals surface area contributed by atoms with Crippen LogP contribution >= 0.6 is 0 Å². The summed E-state index contributed by atoms with van der Waals surface area (Å²) in [5, 5.41) is 3.11. The molecular formula is C24H37N3O2. The second-order valence-corrected chi connectivity index (χ2v) is 8.94. The first-order chi connectivity index (χ1) is 14.0. The van der Waals surface area contributed by atoms with Crippen LogP contribution in [0, 0.1) is 11.8 Å². The highest BCUT2D eigenvalue weighted by atomic mass is 16.2. The molecule has 0 saturated carbocycles. The van der Waals surface area contributed by atoms with Gasteiger partial charge in [0.15, 0.2) is 0 Å². The van der Waals surface area contributed by atoms with Crippen LogP contribution in [0.2, 0.25) is 0 Å². The summed E-state index contributed by atoms with van der Waals surface area (Å²) < 4.78 is 0. The van der Waals surface area contributed by atoms with Gasteiger partial charge in [0.1, 0.15) is 0 Å². The van der Waals surface area contributed by atoms with Crippen LogP contribution in [0.5, 0.6) is 0 Å². The van der Waals surface area contributed by atoms with Gasteiger partial charge >= 0.3 is 0 Å². The molecule has 1 aromatic carbocycles. The van der Waals surface area contributed by atoms with Gasteiger partial charge in [-0.15, -0.1) is 0 Å². The minimum absolute atomic E-state index is 0.00835. The standard InChI is InChI=1S/C24H37N3O2/c1-4-20-5-7-21(8-6-20)19(3)25-23(28)17-26-13-11-22(12-14-26)24(29)27-15-9-18(2)10-16-27/h5-8,18-19,22H,4,9-17H2,1-3H3,(H,25,28). The van der Waals surface area contributed by atoms with Gasteiger partial charge < -0.3 is 10.2 Å². The molecule has 5 heteroatoms. The summed E-state index contributed by atoms with van der Waals surface area (Å²) in [4.78, 5) is 29.5. The fourth-order valence-corrected chi connectivity index (χ4v) is 4.44. The Hall–Kier alpha value is -1.88. The molecule has 2 heterocycles. The Balaban J connectivity index is 1.40. The molecule has 2 fully saturated rings. The van der Waals surface area contributed by atoms with Crippen LogP contribution in [0.25, 0.3) is 0 Å². The third kappa shape index (κ3) is 6.05. The quantitative estimate of drug-likeness (QED) is 0.798. The number of hydrogen-bond acceptors (Lipinski definition) is 3. The van der Waals surface area contributed by atoms with Crippen molar-refractivity contribution in [1.29, 1.82) is 0 Å². The molecule has 1 aromatic rings. The Kier molecular flexibility index (Phi) is 7.70. The number of rotatable bonds is 6. The smallest absolute Gasteiger partial charge is 0.234 e. The Morgan fingerprint density at radius 1 is 1.03 bits per heavy atom. The molecular weight excluding hydrogens is 362 g/mol. The zero-order chi connectivity index (χ0) is 20.8. The van der Waals surface area contributed by atoms with E-state index in [2.05, 4.69) is 53.2 Å². The van der Waals surface area contributed by atoms with Gasteiger partial charge in [0, 0.05) is 19.0 Å². The first kappa shape index (κ1) is 21.8. The highest BCUT2D eigenvalue weighted by molar-refractivity contribution is 5.80. The highest BCUT2D eigenvalue weighted by Crippen LogP contribution is 2.23. The van der Waals surface area contributed by atoms with Crippen LogP contribution in [0.4, 0.5) is 0 Å². The molecule has 0 aliphatic carbocycles. The second-order valence-electron chi connectivity index (χ2n) is 8.94. The topological polar surface area (TPSA) is 52.7 Å². The van der Waals surface area contributed by atoms with E-state index < -0.39 is 0 Å². The number of nitrogens with zero attached hydrogens (tertiary/aromatic N) is 2. The van der Waals surface area contributed by atoms with Crippen molar-refractivity contribution in [2.24, 2.45) is 11.8 Å². The van der Waals surface area contributed by atoms with Crippen LogP contribution in [-0.2, 0) is 16.0 Å². The molecule has 1 unspecified atom stereocenters. The van der Waals surface area contributed by atoms with Crippen molar-refractivity contribution in [3.05, 3.63) is 35.4 Å². The summed E-state index contributed by atoms with van der Waals surface area (Å²) in [6.45, 7) is 10.3. The molecule has 160 valence electrons. The molecule has 2 aliphatic rings. The van der Waals surface area contributed by atoms with Crippen LogP contribution in [0.1, 0.15) is 63.6 Å². The summed E-state index contributed by atoms with van der Waals surface area (Å²) in [6, 6.07) is 8.46. The normalized spacial score (nSPS) is 20.4. The van der Waals surface area contributed by atoms with E-state index in [0.29, 0.717) is 12.5 Å². The lowest BCUT2D eigenvalue weighted by Crippen LogP contribution is -2.47. The zero-order valence-electron chi connectivity index (χ0n) is 18.3. The fourth-order valence-electron chi connectivity index (χ4n) is 4.44. The van der Waals surface area contributed by atoms with Crippen molar-refractivity contribution in [1.82, 2.24) is 15.1 Å². The van der Waals surface area contributed by atoms with Gasteiger partial charge in [0.25, 0.3) is 0 Å². The summed E-state index contributed by atoms with van der Waals surface area (Å²) in [5.41, 5.74) is 2.44. The van der Waals surface area contributed by atoms with Crippen LogP contribution in [0.3, 0.4) is 0 Å². The number of amides is 2. The van der Waals surface area contributed by atoms with Gasteiger partial charge in [-0.05, 0) is 69.2 Å². The largest absolute Gasteiger partial charge is 0.348 e. The summed E-state index contributed by atoms with van der Waals surface area (Å²) in [5.74, 6) is 1.28. The second kappa shape index (κ2) is 10.2. The van der Waals surface area contributed by atoms with Crippen molar-refractivity contribution in [3.8, 4) is 0 Å². The first-order valence-electron chi connectivity index (χ1n) is 11.4. The van der Waals surface area contributed by atoms with Crippen molar-refractivity contribution in [2.75, 3.05) is 32.7 Å². The predicted octanol–water partition coefficient (Wildman–Crippen LogP) is 3.40. The minimum atomic E-state index is 0.00835. The minimum Gasteiger partial charge on any atom is -0.348 e. The number of nitrogens with one attached hydrogen (secondary N) is 1. The van der Waals surface area contributed by atoms with Gasteiger partial charge in [0.05, 0.1) is 12.6 Å². The first-order valence-corrected chi connectivity index (χ1v) is 11.4. The van der Waals surface area contributed by atoms with Gasteiger partial charge in [-0.25, -0.2) is 0 Å². The van der Waals surface area contributed by atoms with E-state index in [-0.39, 0.29) is 17.9 Å². The number of carbonyl (C=O) groups excluding carboxylic acids is 2. The van der Waals surface area contributed by atoms with Crippen molar-refractivity contribution < 1.29 is 9.59 Å². The Labute approximate surface area is 175 Å². The summed E-state index contributed by atoms with van der Waals surface area (Å²) >= 11 is 0. The molecule has 2 saturated heterocycles. The van der Waals surface area contributed by atoms with Crippen molar-refractivity contribution >= 4 is 11.8 Å². The van der Waals surface area contributed by atoms with Crippen molar-refractivity contribution in [2.45, 2.75) is 58.9 Å². The van der Waals surface area contributed by atoms with E-state index in [0.717, 1.165) is 69.8 Å². The van der Waals surface area contributed by atoms with Gasteiger partial charge in [-0.1, -0.05) is 38.1 Å². The molecule has 2 amide bonds. The maximum Gasteiger partial charge on any atom is 0.234 e. The summed E-state index contributed by atoms with van der Waals surface area (Å²) in [7, 11) is 0. The number of carbonyl (C=O) groups is 2. The van der Waals surface area contributed by atoms with E-state index in [4.69, 9.17) is 0 Å². The molecule has 0 aromatic heterocycles. The molecule has 29 heavy (non-hydrogen) atoms. The third-order valence-corrected chi connectivity index (χ3v) is 6.66. The molecule has 2 aliphatic heterocycles. The lowest BCUT2D eigenvalue weighted by atomic mass is 9.92. The third-order valence-electron chi connectivity index (χ3n) is 6.66. The molecule has 0 spiro atoms. The van der Waals surface area contributed by atoms with E-state index in [1.165, 1.54) is 5.56 Å². The molecule has 1 atom stereocenters. The molecule has 1 N–H and O–H groups in total. The highest BCUT2D eigenvalue weighted by Gasteiger charge is 2.30. The van der Waals surface area contributed by atoms with Gasteiger partial charge in [0.2, 0.25) is 11.8 Å². The lowest BCUT2D eigenvalue weighted by Gasteiger charge is -2.36. The van der Waals surface area contributed by atoms with E-state index in [1.807, 2.05) is 6.92 Å². The molecule has 5 nitrogen and oxygen atoms in total. The average molecular weight is 400 g/mol. The van der Waals surface area contributed by atoms with Gasteiger partial charge in [-0.2, -0.15) is 0 Å². The van der Waals surface area contributed by atoms with Gasteiger partial charge in [-0.3, -0.25) is 14.5 Å². The van der Waals surface area contributed by atoms with E-state index in [1.54, 1.807) is 0 Å². The SMILES string of the molecule is CCc1ccc(C(C)NC(=O)CN2CCC(C(=O)N3CCC(C)CC3)CC2)cc1.